The van der Waals surface area contributed by atoms with Crippen LogP contribution in [0.15, 0.2) is 54.4 Å². The molecule has 0 bridgehead atoms. The van der Waals surface area contributed by atoms with E-state index in [9.17, 15) is 14.7 Å². The molecule has 0 radical (unpaired) electrons. The van der Waals surface area contributed by atoms with Crippen molar-refractivity contribution >= 4 is 17.4 Å². The topological polar surface area (TPSA) is 83.0 Å². The molecule has 0 spiro atoms. The van der Waals surface area contributed by atoms with Crippen molar-refractivity contribution in [3.63, 3.8) is 0 Å². The van der Waals surface area contributed by atoms with E-state index in [4.69, 9.17) is 4.74 Å². The number of carbonyl (C=O) groups excluding carboxylic acids is 2. The first-order valence-electron chi connectivity index (χ1n) is 10.00. The molecule has 158 valence electrons. The average Bonchev–Trinajstić information content (AvgIpc) is 3.01. The van der Waals surface area contributed by atoms with Gasteiger partial charge in [0.25, 0.3) is 11.7 Å². The van der Waals surface area contributed by atoms with Crippen molar-refractivity contribution in [3.8, 4) is 5.75 Å². The molecular weight excluding hydrogens is 382 g/mol. The predicted molar refractivity (Wildman–Crippen MR) is 114 cm³/mol. The van der Waals surface area contributed by atoms with Crippen molar-refractivity contribution < 1.29 is 19.4 Å². The molecule has 3 rings (SSSR count). The van der Waals surface area contributed by atoms with Gasteiger partial charge in [-0.1, -0.05) is 19.1 Å². The van der Waals surface area contributed by atoms with Gasteiger partial charge < -0.3 is 19.6 Å². The quantitative estimate of drug-likeness (QED) is 0.410. The van der Waals surface area contributed by atoms with Gasteiger partial charge >= 0.3 is 0 Å². The second-order valence-corrected chi connectivity index (χ2v) is 7.45. The molecule has 1 fully saturated rings. The van der Waals surface area contributed by atoms with Crippen molar-refractivity contribution in [2.45, 2.75) is 19.4 Å². The van der Waals surface area contributed by atoms with Gasteiger partial charge in [-0.25, -0.2) is 0 Å². The van der Waals surface area contributed by atoms with Crippen LogP contribution >= 0.6 is 0 Å². The number of likely N-dealkylation sites (tertiary alicyclic amines) is 1. The third kappa shape index (κ3) is 4.52. The van der Waals surface area contributed by atoms with Gasteiger partial charge in [0.1, 0.15) is 11.5 Å². The van der Waals surface area contributed by atoms with Gasteiger partial charge in [-0.2, -0.15) is 0 Å². The molecule has 0 aliphatic carbocycles. The normalized spacial score (nSPS) is 18.3. The highest BCUT2D eigenvalue weighted by Gasteiger charge is 2.46. The fourth-order valence-corrected chi connectivity index (χ4v) is 3.42. The van der Waals surface area contributed by atoms with Gasteiger partial charge in [0, 0.05) is 31.0 Å². The van der Waals surface area contributed by atoms with E-state index in [0.29, 0.717) is 31.0 Å². The first kappa shape index (κ1) is 21.5. The maximum atomic E-state index is 12.9. The van der Waals surface area contributed by atoms with E-state index in [1.807, 2.05) is 50.2 Å². The fraction of sp³-hybridized carbons (Fsp3) is 0.348. The number of pyridine rings is 1. The van der Waals surface area contributed by atoms with Gasteiger partial charge in [-0.3, -0.25) is 14.6 Å². The number of hydrogen-bond acceptors (Lipinski definition) is 6. The number of aromatic nitrogens is 1. The summed E-state index contributed by atoms with van der Waals surface area (Å²) in [4.78, 5) is 33.2. The third-order valence-corrected chi connectivity index (χ3v) is 4.93. The largest absolute Gasteiger partial charge is 0.507 e. The smallest absolute Gasteiger partial charge is 0.295 e. The molecule has 1 saturated heterocycles. The predicted octanol–water partition coefficient (Wildman–Crippen LogP) is 2.85. The highest BCUT2D eigenvalue weighted by Crippen LogP contribution is 2.40. The van der Waals surface area contributed by atoms with Crippen molar-refractivity contribution in [3.05, 3.63) is 65.5 Å². The second kappa shape index (κ2) is 9.54. The van der Waals surface area contributed by atoms with Gasteiger partial charge in [-0.15, -0.1) is 0 Å². The minimum absolute atomic E-state index is 0.0811. The van der Waals surface area contributed by atoms with Gasteiger partial charge in [0.15, 0.2) is 0 Å². The number of likely N-dealkylation sites (N-methyl/N-ethyl adjacent to an activating group) is 1. The van der Waals surface area contributed by atoms with Crippen LogP contribution in [-0.2, 0) is 9.59 Å². The Hall–Kier alpha value is -3.19. The van der Waals surface area contributed by atoms with E-state index < -0.39 is 17.7 Å². The second-order valence-electron chi connectivity index (χ2n) is 7.45. The molecule has 7 heteroatoms. The third-order valence-electron chi connectivity index (χ3n) is 4.93. The van der Waals surface area contributed by atoms with Crippen LogP contribution in [0.5, 0.6) is 5.75 Å². The summed E-state index contributed by atoms with van der Waals surface area (Å²) in [5, 5.41) is 11.0. The van der Waals surface area contributed by atoms with Crippen LogP contribution in [0.25, 0.3) is 5.76 Å². The molecule has 1 amide bonds. The maximum absolute atomic E-state index is 12.9. The summed E-state index contributed by atoms with van der Waals surface area (Å²) in [5.74, 6) is -0.838. The zero-order chi connectivity index (χ0) is 21.7. The van der Waals surface area contributed by atoms with Gasteiger partial charge in [0.2, 0.25) is 0 Å². The van der Waals surface area contributed by atoms with E-state index in [-0.39, 0.29) is 11.3 Å². The molecule has 1 unspecified atom stereocenters. The van der Waals surface area contributed by atoms with Crippen molar-refractivity contribution in [2.75, 3.05) is 33.8 Å². The number of rotatable bonds is 8. The Bertz CT molecular complexity index is 940. The number of Topliss-reactive ketones (excluding diaryl/α,β-unsaturated/α-hetero) is 1. The Morgan fingerprint density at radius 1 is 1.20 bits per heavy atom. The number of benzene rings is 1. The number of ether oxygens (including phenoxy) is 1. The fourth-order valence-electron chi connectivity index (χ4n) is 3.42. The molecule has 0 saturated carbocycles. The summed E-state index contributed by atoms with van der Waals surface area (Å²) < 4.78 is 5.74. The SMILES string of the molecule is CCCOc1cccc(C2C(=C(O)c3ccncc3)C(=O)C(=O)N2CCN(C)C)c1. The minimum atomic E-state index is -0.691. The monoisotopic (exact) mass is 409 g/mol. The van der Waals surface area contributed by atoms with Gasteiger partial charge in [-0.05, 0) is 50.3 Å². The van der Waals surface area contributed by atoms with Crippen molar-refractivity contribution in [1.82, 2.24) is 14.8 Å². The molecule has 1 aromatic heterocycles. The molecule has 1 aromatic carbocycles. The number of nitrogens with zero attached hydrogens (tertiary/aromatic N) is 3. The average molecular weight is 409 g/mol. The highest BCUT2D eigenvalue weighted by molar-refractivity contribution is 6.46. The molecule has 2 aromatic rings. The molecular formula is C23H27N3O4. The lowest BCUT2D eigenvalue weighted by atomic mass is 9.95. The zero-order valence-electron chi connectivity index (χ0n) is 17.5. The minimum Gasteiger partial charge on any atom is -0.507 e. The van der Waals surface area contributed by atoms with Crippen LogP contribution in [0.1, 0.15) is 30.5 Å². The van der Waals surface area contributed by atoms with E-state index in [2.05, 4.69) is 4.98 Å². The summed E-state index contributed by atoms with van der Waals surface area (Å²) in [6, 6.07) is 9.88. The Morgan fingerprint density at radius 2 is 1.93 bits per heavy atom. The van der Waals surface area contributed by atoms with E-state index >= 15 is 0 Å². The van der Waals surface area contributed by atoms with Crippen LogP contribution < -0.4 is 4.74 Å². The van der Waals surface area contributed by atoms with Gasteiger partial charge in [0.05, 0.1) is 18.2 Å². The molecule has 2 heterocycles. The molecule has 1 aliphatic heterocycles. The standard InChI is InChI=1S/C23H27N3O4/c1-4-14-30-18-7-5-6-17(15-18)20-19(21(27)16-8-10-24-11-9-16)22(28)23(29)26(20)13-12-25(2)3/h5-11,15,20,27H,4,12-14H2,1-3H3. The van der Waals surface area contributed by atoms with E-state index in [0.717, 1.165) is 12.0 Å². The molecule has 1 N–H and O–H groups in total. The van der Waals surface area contributed by atoms with E-state index in [1.54, 1.807) is 12.1 Å². The summed E-state index contributed by atoms with van der Waals surface area (Å²) in [5.41, 5.74) is 1.24. The summed E-state index contributed by atoms with van der Waals surface area (Å²) >= 11 is 0. The Labute approximate surface area is 176 Å². The van der Waals surface area contributed by atoms with Crippen molar-refractivity contribution in [1.29, 1.82) is 0 Å². The zero-order valence-corrected chi connectivity index (χ0v) is 17.5. The highest BCUT2D eigenvalue weighted by atomic mass is 16.5. The molecule has 1 atom stereocenters. The van der Waals surface area contributed by atoms with Crippen LogP contribution in [0.2, 0.25) is 0 Å². The number of carbonyl (C=O) groups is 2. The Balaban J connectivity index is 2.10. The summed E-state index contributed by atoms with van der Waals surface area (Å²) in [6.45, 7) is 3.54. The first-order chi connectivity index (χ1) is 14.4. The molecule has 7 nitrogen and oxygen atoms in total. The maximum Gasteiger partial charge on any atom is 0.295 e. The first-order valence-corrected chi connectivity index (χ1v) is 10.00. The lowest BCUT2D eigenvalue weighted by molar-refractivity contribution is -0.140. The summed E-state index contributed by atoms with van der Waals surface area (Å²) in [6.07, 6.45) is 3.93. The number of amides is 1. The van der Waals surface area contributed by atoms with Crippen molar-refractivity contribution in [2.24, 2.45) is 0 Å². The number of aliphatic hydroxyl groups excluding tert-OH is 1. The van der Waals surface area contributed by atoms with Crippen LogP contribution in [-0.4, -0.2) is 65.4 Å². The Kier molecular flexibility index (Phi) is 6.84. The number of aliphatic hydroxyl groups is 1. The molecule has 1 aliphatic rings. The summed E-state index contributed by atoms with van der Waals surface area (Å²) in [7, 11) is 3.81. The van der Waals surface area contributed by atoms with Crippen LogP contribution in [0.4, 0.5) is 0 Å². The van der Waals surface area contributed by atoms with Crippen LogP contribution in [0, 0.1) is 0 Å². The lowest BCUT2D eigenvalue weighted by Gasteiger charge is -2.26. The number of hydrogen-bond donors (Lipinski definition) is 1. The number of ketones is 1. The van der Waals surface area contributed by atoms with E-state index in [1.165, 1.54) is 17.3 Å². The lowest BCUT2D eigenvalue weighted by Crippen LogP contribution is -2.35. The molecule has 30 heavy (non-hydrogen) atoms. The van der Waals surface area contributed by atoms with Crippen LogP contribution in [0.3, 0.4) is 0 Å². The Morgan fingerprint density at radius 3 is 2.60 bits per heavy atom.